The van der Waals surface area contributed by atoms with Crippen molar-refractivity contribution in [3.63, 3.8) is 0 Å². The summed E-state index contributed by atoms with van der Waals surface area (Å²) < 4.78 is 0. The van der Waals surface area contributed by atoms with E-state index in [1.165, 1.54) is 4.90 Å². The largest absolute Gasteiger partial charge is 0.396 e. The molecule has 22 heavy (non-hydrogen) atoms. The third kappa shape index (κ3) is 5.35. The molecule has 1 heterocycles. The number of nitrogens with one attached hydrogen (secondary N) is 1. The van der Waals surface area contributed by atoms with Gasteiger partial charge in [0, 0.05) is 29.1 Å². The minimum absolute atomic E-state index is 0.249. The van der Waals surface area contributed by atoms with Crippen LogP contribution < -0.4 is 5.32 Å². The average Bonchev–Trinajstić information content (AvgIpc) is 2.57. The van der Waals surface area contributed by atoms with Gasteiger partial charge in [-0.25, -0.2) is 0 Å². The molecule has 0 saturated carbocycles. The molecule has 0 amide bonds. The molecule has 0 aliphatic rings. The summed E-state index contributed by atoms with van der Waals surface area (Å²) >= 11 is 1.78. The van der Waals surface area contributed by atoms with Crippen molar-refractivity contribution in [1.82, 2.24) is 4.98 Å². The van der Waals surface area contributed by atoms with Crippen LogP contribution >= 0.6 is 11.8 Å². The van der Waals surface area contributed by atoms with Crippen LogP contribution in [0.25, 0.3) is 0 Å². The minimum Gasteiger partial charge on any atom is -0.396 e. The first-order chi connectivity index (χ1) is 10.8. The van der Waals surface area contributed by atoms with Gasteiger partial charge >= 0.3 is 0 Å². The number of aliphatic hydroxyl groups excluding tert-OH is 1. The van der Waals surface area contributed by atoms with Crippen LogP contribution in [0.1, 0.15) is 37.9 Å². The SMILES string of the molecule is CCCC(Nc1ccc(SCCCO)cc1)c1ccccn1. The third-order valence-electron chi connectivity index (χ3n) is 3.39. The van der Waals surface area contributed by atoms with Crippen molar-refractivity contribution in [2.24, 2.45) is 0 Å². The zero-order valence-corrected chi connectivity index (χ0v) is 13.9. The van der Waals surface area contributed by atoms with Crippen molar-refractivity contribution in [2.75, 3.05) is 17.7 Å². The number of aliphatic hydroxyl groups is 1. The molecule has 1 atom stereocenters. The maximum atomic E-state index is 8.82. The molecule has 0 radical (unpaired) electrons. The lowest BCUT2D eigenvalue weighted by Crippen LogP contribution is -2.11. The molecule has 0 bridgehead atoms. The Morgan fingerprint density at radius 3 is 2.64 bits per heavy atom. The Kier molecular flexibility index (Phi) is 7.26. The van der Waals surface area contributed by atoms with Crippen molar-refractivity contribution in [2.45, 2.75) is 37.1 Å². The molecule has 4 heteroatoms. The van der Waals surface area contributed by atoms with Crippen LogP contribution in [0.5, 0.6) is 0 Å². The summed E-state index contributed by atoms with van der Waals surface area (Å²) in [5.74, 6) is 0.954. The monoisotopic (exact) mass is 316 g/mol. The molecule has 0 spiro atoms. The zero-order valence-electron chi connectivity index (χ0n) is 13.0. The Labute approximate surface area is 137 Å². The molecule has 0 aliphatic carbocycles. The molecule has 1 unspecified atom stereocenters. The normalized spacial score (nSPS) is 12.1. The Hall–Kier alpha value is -1.52. The van der Waals surface area contributed by atoms with Crippen LogP contribution in [0, 0.1) is 0 Å². The van der Waals surface area contributed by atoms with Crippen LogP contribution in [-0.2, 0) is 0 Å². The topological polar surface area (TPSA) is 45.1 Å². The van der Waals surface area contributed by atoms with E-state index >= 15 is 0 Å². The lowest BCUT2D eigenvalue weighted by molar-refractivity contribution is 0.296. The number of anilines is 1. The van der Waals surface area contributed by atoms with Gasteiger partial charge in [0.2, 0.25) is 0 Å². The van der Waals surface area contributed by atoms with Crippen LogP contribution in [-0.4, -0.2) is 22.5 Å². The van der Waals surface area contributed by atoms with Gasteiger partial charge in [-0.3, -0.25) is 4.98 Å². The number of pyridine rings is 1. The van der Waals surface area contributed by atoms with Gasteiger partial charge < -0.3 is 10.4 Å². The van der Waals surface area contributed by atoms with Gasteiger partial charge in [-0.1, -0.05) is 19.4 Å². The summed E-state index contributed by atoms with van der Waals surface area (Å²) in [5.41, 5.74) is 2.21. The highest BCUT2D eigenvalue weighted by Crippen LogP contribution is 2.25. The fraction of sp³-hybridized carbons (Fsp3) is 0.389. The number of hydrogen-bond acceptors (Lipinski definition) is 4. The fourth-order valence-corrected chi connectivity index (χ4v) is 3.11. The summed E-state index contributed by atoms with van der Waals surface area (Å²) in [6, 6.07) is 14.8. The first kappa shape index (κ1) is 16.8. The second-order valence-corrected chi connectivity index (χ2v) is 6.36. The van der Waals surface area contributed by atoms with Crippen molar-refractivity contribution >= 4 is 17.4 Å². The standard InChI is InChI=1S/C18H24N2OS/c1-2-6-18(17-7-3-4-12-19-17)20-15-8-10-16(11-9-15)22-14-5-13-21/h3-4,7-12,18,20-21H,2,5-6,13-14H2,1H3. The fourth-order valence-electron chi connectivity index (χ4n) is 2.27. The lowest BCUT2D eigenvalue weighted by Gasteiger charge is -2.19. The van der Waals surface area contributed by atoms with Crippen LogP contribution in [0.2, 0.25) is 0 Å². The van der Waals surface area contributed by atoms with E-state index < -0.39 is 0 Å². The third-order valence-corrected chi connectivity index (χ3v) is 4.49. The van der Waals surface area contributed by atoms with Gasteiger partial charge in [-0.2, -0.15) is 0 Å². The van der Waals surface area contributed by atoms with E-state index in [1.807, 2.05) is 18.3 Å². The predicted octanol–water partition coefficient (Wildman–Crippen LogP) is 4.51. The molecule has 2 N–H and O–H groups in total. The van der Waals surface area contributed by atoms with Crippen LogP contribution in [0.4, 0.5) is 5.69 Å². The molecule has 0 saturated heterocycles. The highest BCUT2D eigenvalue weighted by atomic mass is 32.2. The lowest BCUT2D eigenvalue weighted by atomic mass is 10.1. The van der Waals surface area contributed by atoms with Gasteiger partial charge in [0.15, 0.2) is 0 Å². The Balaban J connectivity index is 1.98. The van der Waals surface area contributed by atoms with Crippen molar-refractivity contribution < 1.29 is 5.11 Å². The van der Waals surface area contributed by atoms with E-state index in [0.29, 0.717) is 0 Å². The summed E-state index contributed by atoms with van der Waals surface area (Å²) in [7, 11) is 0. The Morgan fingerprint density at radius 2 is 2.00 bits per heavy atom. The smallest absolute Gasteiger partial charge is 0.0685 e. The van der Waals surface area contributed by atoms with Crippen LogP contribution in [0.3, 0.4) is 0 Å². The number of benzene rings is 1. The second-order valence-electron chi connectivity index (χ2n) is 5.19. The predicted molar refractivity (Wildman–Crippen MR) is 94.4 cm³/mol. The molecule has 0 aliphatic heterocycles. The molecule has 1 aromatic carbocycles. The minimum atomic E-state index is 0.249. The van der Waals surface area contributed by atoms with E-state index in [-0.39, 0.29) is 12.6 Å². The van der Waals surface area contributed by atoms with E-state index in [2.05, 4.69) is 47.6 Å². The Bertz CT molecular complexity index is 531. The number of aromatic nitrogens is 1. The number of thioether (sulfide) groups is 1. The second kappa shape index (κ2) is 9.49. The zero-order chi connectivity index (χ0) is 15.6. The summed E-state index contributed by atoms with van der Waals surface area (Å²) in [6.45, 7) is 2.45. The maximum absolute atomic E-state index is 8.82. The van der Waals surface area contributed by atoms with Crippen molar-refractivity contribution in [3.05, 3.63) is 54.4 Å². The molecule has 3 nitrogen and oxygen atoms in total. The maximum Gasteiger partial charge on any atom is 0.0685 e. The summed E-state index contributed by atoms with van der Waals surface area (Å²) in [5, 5.41) is 12.4. The average molecular weight is 316 g/mol. The van der Waals surface area contributed by atoms with E-state index in [9.17, 15) is 0 Å². The number of rotatable bonds is 9. The number of nitrogens with zero attached hydrogens (tertiary/aromatic N) is 1. The molecule has 118 valence electrons. The van der Waals surface area contributed by atoms with Crippen LogP contribution in [0.15, 0.2) is 53.6 Å². The number of hydrogen-bond donors (Lipinski definition) is 2. The molecule has 2 rings (SSSR count). The highest BCUT2D eigenvalue weighted by molar-refractivity contribution is 7.99. The first-order valence-electron chi connectivity index (χ1n) is 7.84. The van der Waals surface area contributed by atoms with Crippen molar-refractivity contribution in [1.29, 1.82) is 0 Å². The molecule has 0 fully saturated rings. The van der Waals surface area contributed by atoms with Crippen molar-refractivity contribution in [3.8, 4) is 0 Å². The van der Waals surface area contributed by atoms with Gasteiger partial charge in [0.1, 0.15) is 0 Å². The molecule has 2 aromatic rings. The van der Waals surface area contributed by atoms with E-state index in [4.69, 9.17) is 5.11 Å². The van der Waals surface area contributed by atoms with E-state index in [0.717, 1.165) is 36.4 Å². The molecule has 1 aromatic heterocycles. The van der Waals surface area contributed by atoms with Gasteiger partial charge in [-0.05, 0) is 49.2 Å². The highest BCUT2D eigenvalue weighted by Gasteiger charge is 2.11. The Morgan fingerprint density at radius 1 is 1.18 bits per heavy atom. The first-order valence-corrected chi connectivity index (χ1v) is 8.83. The summed E-state index contributed by atoms with van der Waals surface area (Å²) in [4.78, 5) is 5.71. The quantitative estimate of drug-likeness (QED) is 0.528. The molecular formula is C18H24N2OS. The van der Waals surface area contributed by atoms with Gasteiger partial charge in [0.25, 0.3) is 0 Å². The van der Waals surface area contributed by atoms with Gasteiger partial charge in [-0.15, -0.1) is 11.8 Å². The van der Waals surface area contributed by atoms with Gasteiger partial charge in [0.05, 0.1) is 11.7 Å². The summed E-state index contributed by atoms with van der Waals surface area (Å²) in [6.07, 6.45) is 4.86. The molecular weight excluding hydrogens is 292 g/mol. The van der Waals surface area contributed by atoms with E-state index in [1.54, 1.807) is 11.8 Å².